The average Bonchev–Trinajstić information content (AvgIpc) is 3.42. The number of cyclic esters (lactones) is 1. The molecule has 31 heavy (non-hydrogen) atoms. The molecular formula is C25H27N3O3. The maximum atomic E-state index is 12.2. The third kappa shape index (κ3) is 2.89. The molecule has 1 aromatic rings. The Morgan fingerprint density at radius 2 is 2.13 bits per heavy atom. The molecule has 160 valence electrons. The van der Waals surface area contributed by atoms with E-state index in [1.807, 2.05) is 6.07 Å². The van der Waals surface area contributed by atoms with Gasteiger partial charge in [-0.05, 0) is 47.2 Å². The first-order valence-electron chi connectivity index (χ1n) is 11.1. The molecule has 2 fully saturated rings. The fourth-order valence-corrected chi connectivity index (χ4v) is 5.42. The fourth-order valence-electron chi connectivity index (χ4n) is 5.42. The fraction of sp³-hybridized carbons (Fsp3) is 0.400. The number of ether oxygens (including phenoxy) is 1. The van der Waals surface area contributed by atoms with E-state index in [1.54, 1.807) is 4.90 Å². The van der Waals surface area contributed by atoms with Gasteiger partial charge in [-0.1, -0.05) is 43.4 Å². The molecule has 5 unspecified atom stereocenters. The highest BCUT2D eigenvalue weighted by Gasteiger charge is 2.47. The lowest BCUT2D eigenvalue weighted by Gasteiger charge is -2.30. The lowest BCUT2D eigenvalue weighted by atomic mass is 9.96. The van der Waals surface area contributed by atoms with Gasteiger partial charge in [-0.3, -0.25) is 4.90 Å². The Balaban J connectivity index is 1.31. The number of carbonyl (C=O) groups excluding carboxylic acids is 1. The van der Waals surface area contributed by atoms with Gasteiger partial charge in [-0.25, -0.2) is 9.80 Å². The summed E-state index contributed by atoms with van der Waals surface area (Å²) in [5, 5.41) is 14.3. The van der Waals surface area contributed by atoms with Crippen LogP contribution in [0.3, 0.4) is 0 Å². The van der Waals surface area contributed by atoms with Gasteiger partial charge in [-0.2, -0.15) is 0 Å². The molecule has 6 heteroatoms. The first-order chi connectivity index (χ1) is 15.0. The van der Waals surface area contributed by atoms with Crippen molar-refractivity contribution in [3.05, 3.63) is 71.0 Å². The van der Waals surface area contributed by atoms with Crippen molar-refractivity contribution < 1.29 is 14.6 Å². The van der Waals surface area contributed by atoms with Crippen molar-refractivity contribution in [1.29, 1.82) is 0 Å². The summed E-state index contributed by atoms with van der Waals surface area (Å²) in [6.07, 6.45) is 12.4. The molecule has 0 aromatic heterocycles. The van der Waals surface area contributed by atoms with E-state index in [4.69, 9.17) is 4.74 Å². The number of hydrazine groups is 1. The monoisotopic (exact) mass is 417 g/mol. The average molecular weight is 418 g/mol. The molecule has 1 aromatic carbocycles. The van der Waals surface area contributed by atoms with Crippen LogP contribution in [0.1, 0.15) is 24.5 Å². The van der Waals surface area contributed by atoms with Crippen LogP contribution >= 0.6 is 0 Å². The minimum absolute atomic E-state index is 0.108. The highest BCUT2D eigenvalue weighted by molar-refractivity contribution is 5.94. The summed E-state index contributed by atoms with van der Waals surface area (Å²) in [6, 6.07) is 6.86. The predicted molar refractivity (Wildman–Crippen MR) is 119 cm³/mol. The van der Waals surface area contributed by atoms with E-state index < -0.39 is 6.10 Å². The van der Waals surface area contributed by atoms with Crippen molar-refractivity contribution in [3.8, 4) is 0 Å². The maximum Gasteiger partial charge on any atom is 0.415 e. The number of carbonyl (C=O) groups is 1. The van der Waals surface area contributed by atoms with Crippen LogP contribution in [0.4, 0.5) is 10.5 Å². The summed E-state index contributed by atoms with van der Waals surface area (Å²) < 4.78 is 5.29. The Labute approximate surface area is 182 Å². The van der Waals surface area contributed by atoms with E-state index in [9.17, 15) is 9.90 Å². The Hall–Kier alpha value is -2.83. The second-order valence-corrected chi connectivity index (χ2v) is 9.11. The summed E-state index contributed by atoms with van der Waals surface area (Å²) in [6.45, 7) is 3.27. The number of aliphatic hydroxyl groups is 1. The van der Waals surface area contributed by atoms with Gasteiger partial charge in [-0.15, -0.1) is 0 Å². The van der Waals surface area contributed by atoms with E-state index in [-0.39, 0.29) is 18.7 Å². The first-order valence-corrected chi connectivity index (χ1v) is 11.1. The Morgan fingerprint density at radius 3 is 2.97 bits per heavy atom. The van der Waals surface area contributed by atoms with Crippen LogP contribution in [0.15, 0.2) is 59.8 Å². The van der Waals surface area contributed by atoms with Gasteiger partial charge in [0.2, 0.25) is 0 Å². The number of hydrogen-bond acceptors (Lipinski definition) is 5. The van der Waals surface area contributed by atoms with E-state index >= 15 is 0 Å². The number of aliphatic hydroxyl groups excluding tert-OH is 1. The van der Waals surface area contributed by atoms with E-state index in [1.165, 1.54) is 16.8 Å². The van der Waals surface area contributed by atoms with Gasteiger partial charge in [0.25, 0.3) is 0 Å². The molecule has 1 N–H and O–H groups in total. The topological polar surface area (TPSA) is 56.0 Å². The number of likely N-dealkylation sites (N-methyl/N-ethyl adjacent to an activating group) is 1. The summed E-state index contributed by atoms with van der Waals surface area (Å²) in [5.74, 6) is 0.332. The molecule has 0 spiro atoms. The zero-order valence-electron chi connectivity index (χ0n) is 17.9. The molecule has 4 heterocycles. The molecule has 5 atom stereocenters. The lowest BCUT2D eigenvalue weighted by molar-refractivity contribution is 0.0830. The van der Waals surface area contributed by atoms with Gasteiger partial charge in [0.1, 0.15) is 6.10 Å². The summed E-state index contributed by atoms with van der Waals surface area (Å²) in [7, 11) is 2.16. The van der Waals surface area contributed by atoms with Crippen LogP contribution in [0.5, 0.6) is 0 Å². The molecule has 4 aliphatic heterocycles. The lowest BCUT2D eigenvalue weighted by Crippen LogP contribution is -2.34. The maximum absolute atomic E-state index is 12.2. The molecule has 2 saturated heterocycles. The third-order valence-corrected chi connectivity index (χ3v) is 7.29. The van der Waals surface area contributed by atoms with E-state index in [0.717, 1.165) is 29.8 Å². The zero-order chi connectivity index (χ0) is 21.3. The van der Waals surface area contributed by atoms with Crippen molar-refractivity contribution in [3.63, 3.8) is 0 Å². The summed E-state index contributed by atoms with van der Waals surface area (Å²) >= 11 is 0. The third-order valence-electron chi connectivity index (χ3n) is 7.29. The minimum atomic E-state index is -0.450. The Bertz CT molecular complexity index is 1090. The van der Waals surface area contributed by atoms with E-state index in [2.05, 4.69) is 66.5 Å². The van der Waals surface area contributed by atoms with Crippen LogP contribution in [0.25, 0.3) is 5.57 Å². The van der Waals surface area contributed by atoms with Crippen LogP contribution in [0.2, 0.25) is 0 Å². The van der Waals surface area contributed by atoms with Crippen molar-refractivity contribution in [1.82, 2.24) is 10.0 Å². The molecule has 0 saturated carbocycles. The highest BCUT2D eigenvalue weighted by Crippen LogP contribution is 2.41. The van der Waals surface area contributed by atoms with Crippen molar-refractivity contribution >= 4 is 17.4 Å². The summed E-state index contributed by atoms with van der Waals surface area (Å²) in [5.41, 5.74) is 7.00. The number of hydrogen-bond donors (Lipinski definition) is 1. The normalized spacial score (nSPS) is 33.1. The van der Waals surface area contributed by atoms with Crippen LogP contribution in [0, 0.1) is 5.92 Å². The van der Waals surface area contributed by atoms with E-state index in [0.29, 0.717) is 18.4 Å². The second-order valence-electron chi connectivity index (χ2n) is 9.11. The largest absolute Gasteiger partial charge is 0.441 e. The highest BCUT2D eigenvalue weighted by atomic mass is 16.6. The molecule has 6 nitrogen and oxygen atoms in total. The molecule has 5 aliphatic rings. The Morgan fingerprint density at radius 1 is 1.26 bits per heavy atom. The smallest absolute Gasteiger partial charge is 0.415 e. The first kappa shape index (κ1) is 18.9. The van der Waals surface area contributed by atoms with Gasteiger partial charge in [0.15, 0.2) is 0 Å². The van der Waals surface area contributed by atoms with Crippen molar-refractivity contribution in [2.75, 3.05) is 25.1 Å². The number of fused-ring (bicyclic) bond motifs is 4. The van der Waals surface area contributed by atoms with Gasteiger partial charge < -0.3 is 14.9 Å². The molecule has 0 bridgehead atoms. The van der Waals surface area contributed by atoms with Gasteiger partial charge >= 0.3 is 6.09 Å². The predicted octanol–water partition coefficient (Wildman–Crippen LogP) is 3.26. The van der Waals surface area contributed by atoms with Gasteiger partial charge in [0, 0.05) is 25.6 Å². The van der Waals surface area contributed by atoms with Crippen LogP contribution in [-0.4, -0.2) is 59.6 Å². The van der Waals surface area contributed by atoms with Gasteiger partial charge in [0.05, 0.1) is 24.0 Å². The quantitative estimate of drug-likeness (QED) is 0.765. The number of benzene rings is 1. The number of anilines is 1. The Kier molecular flexibility index (Phi) is 4.17. The van der Waals surface area contributed by atoms with Crippen LogP contribution in [-0.2, 0) is 11.2 Å². The molecule has 6 rings (SSSR count). The molecule has 0 radical (unpaired) electrons. The number of nitrogens with zero attached hydrogens (tertiary/aromatic N) is 3. The number of rotatable bonds is 3. The zero-order valence-corrected chi connectivity index (χ0v) is 17.9. The van der Waals surface area contributed by atoms with Crippen LogP contribution < -0.4 is 4.90 Å². The summed E-state index contributed by atoms with van der Waals surface area (Å²) in [4.78, 5) is 13.9. The van der Waals surface area contributed by atoms with Crippen molar-refractivity contribution in [2.45, 2.75) is 38.0 Å². The number of allylic oxidation sites excluding steroid dienone is 6. The standard InChI is InChI=1S/C25H27N3O3/c1-15-3-4-16(5-8-20(15)22-10-7-19-13-27(19)26(22)2)17-6-9-21-18(11-17)12-23-24(14-29)31-25(30)28(21)23/h3-6,8-11,15,19,23-24,29H,7,12-14H2,1-2H3. The minimum Gasteiger partial charge on any atom is -0.441 e. The molecule has 1 amide bonds. The molecule has 1 aliphatic carbocycles. The second kappa shape index (κ2) is 6.84. The SMILES string of the molecule is CC1C=CC(c2ccc3c(c2)CC2C(CO)OC(=O)N32)=CC=C1C1=CCC2CN2N1C. The molecular weight excluding hydrogens is 390 g/mol. The number of amides is 1. The van der Waals surface area contributed by atoms with Crippen molar-refractivity contribution in [2.24, 2.45) is 5.92 Å².